The maximum atomic E-state index is 11.0. The van der Waals surface area contributed by atoms with Crippen molar-refractivity contribution in [3.8, 4) is 5.88 Å². The molecule has 4 nitrogen and oxygen atoms in total. The van der Waals surface area contributed by atoms with E-state index in [9.17, 15) is 4.79 Å². The van der Waals surface area contributed by atoms with Crippen LogP contribution in [0.25, 0.3) is 0 Å². The van der Waals surface area contributed by atoms with Gasteiger partial charge in [-0.05, 0) is 18.0 Å². The minimum atomic E-state index is -0.195. The summed E-state index contributed by atoms with van der Waals surface area (Å²) in [6, 6.07) is 1.51. The van der Waals surface area contributed by atoms with Gasteiger partial charge in [0.05, 0.1) is 5.92 Å². The topological polar surface area (TPSA) is 52.3 Å². The highest BCUT2D eigenvalue weighted by molar-refractivity contribution is 5.76. The zero-order chi connectivity index (χ0) is 7.68. The molecule has 1 fully saturated rings. The van der Waals surface area contributed by atoms with E-state index in [0.717, 1.165) is 12.8 Å². The number of nitrogens with zero attached hydrogens (tertiary/aromatic N) is 1. The Bertz CT molecular complexity index is 251. The number of esters is 1. The van der Waals surface area contributed by atoms with E-state index in [0.29, 0.717) is 0 Å². The fraction of sp³-hybridized carbons (Fsp3) is 0.429. The molecule has 0 spiro atoms. The van der Waals surface area contributed by atoms with E-state index in [1.807, 2.05) is 0 Å². The van der Waals surface area contributed by atoms with E-state index in [-0.39, 0.29) is 17.8 Å². The molecule has 1 aliphatic rings. The molecular weight excluding hydrogens is 146 g/mol. The molecule has 1 aliphatic carbocycles. The van der Waals surface area contributed by atoms with Gasteiger partial charge in [0, 0.05) is 6.07 Å². The van der Waals surface area contributed by atoms with Gasteiger partial charge in [0.25, 0.3) is 5.88 Å². The highest BCUT2D eigenvalue weighted by Crippen LogP contribution is 2.30. The van der Waals surface area contributed by atoms with Crippen molar-refractivity contribution >= 4 is 5.97 Å². The standard InChI is InChI=1S/C7H7NO3/c9-7(5-1-2-5)11-6-3-4-10-8-6/h3-5H,1-2H2. The van der Waals surface area contributed by atoms with Crippen LogP contribution in [0.2, 0.25) is 0 Å². The number of carbonyl (C=O) groups excluding carboxylic acids is 1. The van der Waals surface area contributed by atoms with Gasteiger partial charge in [0.2, 0.25) is 0 Å². The number of aromatic nitrogens is 1. The Morgan fingerprint density at radius 2 is 2.55 bits per heavy atom. The quantitative estimate of drug-likeness (QED) is 0.594. The zero-order valence-electron chi connectivity index (χ0n) is 5.82. The number of hydrogen-bond acceptors (Lipinski definition) is 4. The highest BCUT2D eigenvalue weighted by atomic mass is 16.6. The average Bonchev–Trinajstić information content (AvgIpc) is 2.73. The van der Waals surface area contributed by atoms with Crippen molar-refractivity contribution in [1.82, 2.24) is 5.16 Å². The highest BCUT2D eigenvalue weighted by Gasteiger charge is 2.31. The molecule has 0 amide bonds. The van der Waals surface area contributed by atoms with Gasteiger partial charge in [-0.25, -0.2) is 0 Å². The van der Waals surface area contributed by atoms with Crippen molar-refractivity contribution in [3.05, 3.63) is 12.3 Å². The molecule has 0 bridgehead atoms. The molecule has 0 aromatic carbocycles. The summed E-state index contributed by atoms with van der Waals surface area (Å²) in [5.41, 5.74) is 0. The molecule has 0 atom stereocenters. The van der Waals surface area contributed by atoms with Crippen molar-refractivity contribution in [1.29, 1.82) is 0 Å². The van der Waals surface area contributed by atoms with Crippen LogP contribution in [0.1, 0.15) is 12.8 Å². The summed E-state index contributed by atoms with van der Waals surface area (Å²) in [4.78, 5) is 11.0. The Labute approximate surface area is 63.1 Å². The molecule has 0 unspecified atom stereocenters. The Kier molecular flexibility index (Phi) is 1.38. The van der Waals surface area contributed by atoms with Crippen LogP contribution < -0.4 is 4.74 Å². The van der Waals surface area contributed by atoms with E-state index >= 15 is 0 Å². The van der Waals surface area contributed by atoms with Gasteiger partial charge in [-0.1, -0.05) is 0 Å². The monoisotopic (exact) mass is 153 g/mol. The smallest absolute Gasteiger partial charge is 0.315 e. The Hall–Kier alpha value is -1.32. The third kappa shape index (κ3) is 1.39. The first kappa shape index (κ1) is 6.39. The lowest BCUT2D eigenvalue weighted by molar-refractivity contribution is -0.136. The maximum Gasteiger partial charge on any atom is 0.315 e. The SMILES string of the molecule is O=C(Oc1ccon1)C1CC1. The molecule has 11 heavy (non-hydrogen) atoms. The molecule has 58 valence electrons. The second-order valence-electron chi connectivity index (χ2n) is 2.53. The van der Waals surface area contributed by atoms with Crippen LogP contribution in [0, 0.1) is 5.92 Å². The van der Waals surface area contributed by atoms with Gasteiger partial charge >= 0.3 is 5.97 Å². The lowest BCUT2D eigenvalue weighted by atomic mass is 10.4. The van der Waals surface area contributed by atoms with Gasteiger partial charge in [-0.3, -0.25) is 4.79 Å². The normalized spacial score (nSPS) is 16.4. The number of ether oxygens (including phenoxy) is 1. The van der Waals surface area contributed by atoms with Crippen LogP contribution in [0.5, 0.6) is 5.88 Å². The van der Waals surface area contributed by atoms with Crippen molar-refractivity contribution in [3.63, 3.8) is 0 Å². The Balaban J connectivity index is 1.94. The van der Waals surface area contributed by atoms with Crippen LogP contribution in [-0.2, 0) is 4.79 Å². The van der Waals surface area contributed by atoms with E-state index < -0.39 is 0 Å². The Morgan fingerprint density at radius 3 is 3.09 bits per heavy atom. The molecule has 1 heterocycles. The molecule has 2 rings (SSSR count). The maximum absolute atomic E-state index is 11.0. The molecule has 0 saturated heterocycles. The van der Waals surface area contributed by atoms with Crippen molar-refractivity contribution in [2.45, 2.75) is 12.8 Å². The first-order chi connectivity index (χ1) is 5.36. The lowest BCUT2D eigenvalue weighted by Crippen LogP contribution is -2.09. The zero-order valence-corrected chi connectivity index (χ0v) is 5.82. The van der Waals surface area contributed by atoms with Gasteiger partial charge < -0.3 is 9.26 Å². The van der Waals surface area contributed by atoms with Gasteiger partial charge in [-0.2, -0.15) is 0 Å². The van der Waals surface area contributed by atoms with Crippen LogP contribution in [0.3, 0.4) is 0 Å². The molecule has 4 heteroatoms. The predicted molar refractivity (Wildman–Crippen MR) is 34.9 cm³/mol. The molecular formula is C7H7NO3. The largest absolute Gasteiger partial charge is 0.404 e. The van der Waals surface area contributed by atoms with Crippen molar-refractivity contribution in [2.24, 2.45) is 5.92 Å². The molecule has 0 aliphatic heterocycles. The van der Waals surface area contributed by atoms with E-state index in [1.54, 1.807) is 0 Å². The van der Waals surface area contributed by atoms with E-state index in [4.69, 9.17) is 4.74 Å². The summed E-state index contributed by atoms with van der Waals surface area (Å²) in [6.07, 6.45) is 3.25. The predicted octanol–water partition coefficient (Wildman–Crippen LogP) is 0.990. The second kappa shape index (κ2) is 2.38. The summed E-state index contributed by atoms with van der Waals surface area (Å²) in [6.45, 7) is 0. The minimum Gasteiger partial charge on any atom is -0.404 e. The summed E-state index contributed by atoms with van der Waals surface area (Å²) < 4.78 is 9.32. The van der Waals surface area contributed by atoms with Crippen LogP contribution in [0.15, 0.2) is 16.9 Å². The fourth-order valence-electron chi connectivity index (χ4n) is 0.760. The van der Waals surface area contributed by atoms with E-state index in [2.05, 4.69) is 9.68 Å². The summed E-state index contributed by atoms with van der Waals surface area (Å²) in [5.74, 6) is 0.160. The summed E-state index contributed by atoms with van der Waals surface area (Å²) in [7, 11) is 0. The third-order valence-electron chi connectivity index (χ3n) is 1.53. The Morgan fingerprint density at radius 1 is 1.73 bits per heavy atom. The minimum absolute atomic E-state index is 0.103. The fourth-order valence-corrected chi connectivity index (χ4v) is 0.760. The first-order valence-electron chi connectivity index (χ1n) is 3.48. The molecule has 1 aromatic heterocycles. The van der Waals surface area contributed by atoms with Gasteiger partial charge in [0.1, 0.15) is 6.26 Å². The number of carbonyl (C=O) groups is 1. The molecule has 0 radical (unpaired) electrons. The van der Waals surface area contributed by atoms with Crippen LogP contribution in [-0.4, -0.2) is 11.1 Å². The first-order valence-corrected chi connectivity index (χ1v) is 3.48. The van der Waals surface area contributed by atoms with Gasteiger partial charge in [0.15, 0.2) is 0 Å². The summed E-state index contributed by atoms with van der Waals surface area (Å²) in [5, 5.41) is 3.45. The van der Waals surface area contributed by atoms with Crippen LogP contribution >= 0.6 is 0 Å². The number of rotatable bonds is 2. The van der Waals surface area contributed by atoms with Crippen molar-refractivity contribution in [2.75, 3.05) is 0 Å². The van der Waals surface area contributed by atoms with Gasteiger partial charge in [-0.15, -0.1) is 0 Å². The lowest BCUT2D eigenvalue weighted by Gasteiger charge is -1.94. The second-order valence-corrected chi connectivity index (χ2v) is 2.53. The van der Waals surface area contributed by atoms with Crippen molar-refractivity contribution < 1.29 is 14.1 Å². The third-order valence-corrected chi connectivity index (χ3v) is 1.53. The molecule has 1 saturated carbocycles. The average molecular weight is 153 g/mol. The molecule has 1 aromatic rings. The molecule has 0 N–H and O–H groups in total. The number of hydrogen-bond donors (Lipinski definition) is 0. The van der Waals surface area contributed by atoms with Crippen LogP contribution in [0.4, 0.5) is 0 Å². The summed E-state index contributed by atoms with van der Waals surface area (Å²) >= 11 is 0. The van der Waals surface area contributed by atoms with E-state index in [1.165, 1.54) is 12.3 Å².